The smallest absolute Gasteiger partial charge is 0.135 e. The van der Waals surface area contributed by atoms with E-state index in [2.05, 4.69) is 140 Å². The first-order chi connectivity index (χ1) is 26.6. The molecule has 0 unspecified atom stereocenters. The van der Waals surface area contributed by atoms with Gasteiger partial charge in [0.1, 0.15) is 22.3 Å². The highest BCUT2D eigenvalue weighted by Crippen LogP contribution is 2.42. The minimum absolute atomic E-state index is 0.745. The highest BCUT2D eigenvalue weighted by molar-refractivity contribution is 6.09. The number of benzene rings is 7. The van der Waals surface area contributed by atoms with Crippen molar-refractivity contribution in [2.75, 3.05) is 11.9 Å². The Balaban J connectivity index is 0.886. The zero-order chi connectivity index (χ0) is 35.9. The Kier molecular flexibility index (Phi) is 6.71. The van der Waals surface area contributed by atoms with Crippen molar-refractivity contribution in [2.45, 2.75) is 13.8 Å². The van der Waals surface area contributed by atoms with Gasteiger partial charge in [-0.2, -0.15) is 0 Å². The predicted octanol–water partition coefficient (Wildman–Crippen LogP) is 13.7. The van der Waals surface area contributed by atoms with Crippen molar-refractivity contribution in [2.24, 2.45) is 0 Å². The summed E-state index contributed by atoms with van der Waals surface area (Å²) in [6, 6.07) is 51.7. The first kappa shape index (κ1) is 30.7. The molecule has 0 fully saturated rings. The Morgan fingerprint density at radius 2 is 0.981 bits per heavy atom. The summed E-state index contributed by atoms with van der Waals surface area (Å²) < 4.78 is 12.1. The van der Waals surface area contributed by atoms with Crippen LogP contribution in [0.1, 0.15) is 23.6 Å². The highest BCUT2D eigenvalue weighted by Gasteiger charge is 2.21. The van der Waals surface area contributed by atoms with Crippen LogP contribution in [0.25, 0.3) is 99.3 Å². The molecule has 0 aliphatic carbocycles. The van der Waals surface area contributed by atoms with Crippen molar-refractivity contribution < 1.29 is 8.83 Å². The summed E-state index contributed by atoms with van der Waals surface area (Å²) in [6.07, 6.45) is 2.04. The minimum atomic E-state index is 0.745. The van der Waals surface area contributed by atoms with E-state index in [1.807, 2.05) is 30.5 Å². The summed E-state index contributed by atoms with van der Waals surface area (Å²) in [6.45, 7) is 5.19. The molecule has 3 aromatic heterocycles. The zero-order valence-corrected chi connectivity index (χ0v) is 29.9. The van der Waals surface area contributed by atoms with Crippen molar-refractivity contribution in [3.8, 4) is 33.4 Å². The van der Waals surface area contributed by atoms with E-state index in [0.29, 0.717) is 0 Å². The number of aryl methyl sites for hydroxylation is 1. The molecular weight excluding hydrogens is 661 g/mol. The number of fused-ring (bicyclic) bond motifs is 9. The lowest BCUT2D eigenvalue weighted by atomic mass is 9.88. The molecule has 4 heterocycles. The summed E-state index contributed by atoms with van der Waals surface area (Å²) in [4.78, 5) is 5.08. The second kappa shape index (κ2) is 11.8. The number of anilines is 1. The normalized spacial score (nSPS) is 13.0. The minimum Gasteiger partial charge on any atom is -0.456 e. The molecule has 0 bridgehead atoms. The number of nitrogens with zero attached hydrogens (tertiary/aromatic N) is 1. The van der Waals surface area contributed by atoms with E-state index in [1.54, 1.807) is 0 Å². The van der Waals surface area contributed by atoms with Gasteiger partial charge in [-0.15, -0.1) is 0 Å². The van der Waals surface area contributed by atoms with Gasteiger partial charge in [0, 0.05) is 50.8 Å². The number of aromatic nitrogens is 1. The van der Waals surface area contributed by atoms with Crippen LogP contribution in [-0.4, -0.2) is 11.5 Å². The fourth-order valence-electron chi connectivity index (χ4n) is 8.49. The summed E-state index contributed by atoms with van der Waals surface area (Å²) in [5, 5.41) is 9.51. The standard InChI is InChI=1S/C50H34N2O2/c1-29-37-21-22-38-30(2)44(34-17-13-32(14-18-34)36-20-24-48-42(26-36)40-8-4-6-10-46(40)54-48)28-52-50(38)49(37)51-27-43(29)33-15-11-31(12-16-33)35-19-23-47-41(25-35)39-7-3-5-9-45(39)53-47/h3-27,52H,28H2,1-2H3. The number of hydrogen-bond acceptors (Lipinski definition) is 4. The number of hydrogen-bond donors (Lipinski definition) is 1. The number of pyridine rings is 1. The lowest BCUT2D eigenvalue weighted by Gasteiger charge is -2.25. The third-order valence-electron chi connectivity index (χ3n) is 11.5. The van der Waals surface area contributed by atoms with E-state index < -0.39 is 0 Å². The van der Waals surface area contributed by atoms with Gasteiger partial charge in [-0.25, -0.2) is 0 Å². The molecule has 4 nitrogen and oxygen atoms in total. The first-order valence-corrected chi connectivity index (χ1v) is 18.5. The Hall–Kier alpha value is -6.91. The maximum absolute atomic E-state index is 6.06. The van der Waals surface area contributed by atoms with Crippen LogP contribution in [0, 0.1) is 6.92 Å². The maximum Gasteiger partial charge on any atom is 0.135 e. The quantitative estimate of drug-likeness (QED) is 0.199. The summed E-state index contributed by atoms with van der Waals surface area (Å²) in [7, 11) is 0. The third kappa shape index (κ3) is 4.73. The predicted molar refractivity (Wildman–Crippen MR) is 225 cm³/mol. The molecule has 7 aromatic carbocycles. The van der Waals surface area contributed by atoms with E-state index in [4.69, 9.17) is 13.8 Å². The van der Waals surface area contributed by atoms with Gasteiger partial charge < -0.3 is 14.2 Å². The van der Waals surface area contributed by atoms with Crippen molar-refractivity contribution in [3.05, 3.63) is 168 Å². The van der Waals surface area contributed by atoms with Gasteiger partial charge in [0.05, 0.1) is 11.2 Å². The van der Waals surface area contributed by atoms with Crippen LogP contribution in [0.2, 0.25) is 0 Å². The zero-order valence-electron chi connectivity index (χ0n) is 29.9. The van der Waals surface area contributed by atoms with Crippen LogP contribution in [0.4, 0.5) is 5.69 Å². The molecule has 0 spiro atoms. The van der Waals surface area contributed by atoms with Gasteiger partial charge in [-0.3, -0.25) is 4.98 Å². The van der Waals surface area contributed by atoms with Crippen LogP contribution in [0.3, 0.4) is 0 Å². The Morgan fingerprint density at radius 1 is 0.463 bits per heavy atom. The molecule has 0 saturated carbocycles. The molecular formula is C50H34N2O2. The number of para-hydroxylation sites is 2. The second-order valence-electron chi connectivity index (χ2n) is 14.4. The Morgan fingerprint density at radius 3 is 1.59 bits per heavy atom. The maximum atomic E-state index is 6.06. The largest absolute Gasteiger partial charge is 0.456 e. The second-order valence-corrected chi connectivity index (χ2v) is 14.4. The summed E-state index contributed by atoms with van der Waals surface area (Å²) in [5.74, 6) is 0. The fourth-order valence-corrected chi connectivity index (χ4v) is 8.49. The summed E-state index contributed by atoms with van der Waals surface area (Å²) >= 11 is 0. The number of rotatable bonds is 4. The number of allylic oxidation sites excluding steroid dienone is 1. The van der Waals surface area contributed by atoms with E-state index in [0.717, 1.165) is 72.8 Å². The molecule has 0 atom stereocenters. The van der Waals surface area contributed by atoms with Crippen LogP contribution < -0.4 is 5.32 Å². The Labute approximate surface area is 312 Å². The van der Waals surface area contributed by atoms with Gasteiger partial charge in [-0.1, -0.05) is 109 Å². The van der Waals surface area contributed by atoms with E-state index >= 15 is 0 Å². The topological polar surface area (TPSA) is 51.2 Å². The van der Waals surface area contributed by atoms with E-state index in [9.17, 15) is 0 Å². The van der Waals surface area contributed by atoms with E-state index in [-0.39, 0.29) is 0 Å². The molecule has 256 valence electrons. The molecule has 0 amide bonds. The van der Waals surface area contributed by atoms with Crippen LogP contribution in [0.5, 0.6) is 0 Å². The average Bonchev–Trinajstić information content (AvgIpc) is 3.79. The van der Waals surface area contributed by atoms with Crippen LogP contribution in [-0.2, 0) is 0 Å². The van der Waals surface area contributed by atoms with Gasteiger partial charge in [0.2, 0.25) is 0 Å². The molecule has 1 aliphatic rings. The van der Waals surface area contributed by atoms with Crippen molar-refractivity contribution in [1.82, 2.24) is 4.98 Å². The summed E-state index contributed by atoms with van der Waals surface area (Å²) in [5.41, 5.74) is 19.1. The SMILES string of the molecule is CC1=C(c2ccc(-c3ccc4oc5ccccc5c4c3)cc2)CNc2c1ccc1c(C)c(-c3ccc(-c4ccc5oc6ccccc6c5c4)cc3)cnc21. The average molecular weight is 695 g/mol. The Bertz CT molecular complexity index is 3160. The molecule has 1 aliphatic heterocycles. The number of furan rings is 2. The third-order valence-corrected chi connectivity index (χ3v) is 11.5. The first-order valence-electron chi connectivity index (χ1n) is 18.5. The highest BCUT2D eigenvalue weighted by atomic mass is 16.3. The van der Waals surface area contributed by atoms with Gasteiger partial charge in [-0.05, 0) is 100 Å². The monoisotopic (exact) mass is 694 g/mol. The van der Waals surface area contributed by atoms with Crippen LogP contribution in [0.15, 0.2) is 161 Å². The van der Waals surface area contributed by atoms with Gasteiger partial charge in [0.25, 0.3) is 0 Å². The molecule has 0 saturated heterocycles. The van der Waals surface area contributed by atoms with Crippen molar-refractivity contribution >= 4 is 71.6 Å². The number of nitrogens with one attached hydrogen (secondary N) is 1. The van der Waals surface area contributed by atoms with Crippen LogP contribution >= 0.6 is 0 Å². The molecule has 54 heavy (non-hydrogen) atoms. The molecule has 4 heteroatoms. The fraction of sp³-hybridized carbons (Fsp3) is 0.0600. The molecule has 11 rings (SSSR count). The lowest BCUT2D eigenvalue weighted by molar-refractivity contribution is 0.668. The molecule has 1 N–H and O–H groups in total. The van der Waals surface area contributed by atoms with E-state index in [1.165, 1.54) is 55.5 Å². The molecule has 10 aromatic rings. The van der Waals surface area contributed by atoms with Crippen molar-refractivity contribution in [1.29, 1.82) is 0 Å². The molecule has 0 radical (unpaired) electrons. The van der Waals surface area contributed by atoms with Gasteiger partial charge >= 0.3 is 0 Å². The van der Waals surface area contributed by atoms with Gasteiger partial charge in [0.15, 0.2) is 0 Å². The lowest BCUT2D eigenvalue weighted by Crippen LogP contribution is -2.13. The van der Waals surface area contributed by atoms with Crippen molar-refractivity contribution in [3.63, 3.8) is 0 Å².